The van der Waals surface area contributed by atoms with Crippen LogP contribution in [0.15, 0.2) is 34.4 Å². The maximum Gasteiger partial charge on any atom is 0.307 e. The lowest BCUT2D eigenvalue weighted by atomic mass is 10.1. The minimum atomic E-state index is -0.122. The quantitative estimate of drug-likeness (QED) is 0.864. The summed E-state index contributed by atoms with van der Waals surface area (Å²) in [4.78, 5) is 25.2. The van der Waals surface area contributed by atoms with Crippen molar-refractivity contribution in [2.24, 2.45) is 0 Å². The number of benzene rings is 1. The molecule has 0 saturated carbocycles. The van der Waals surface area contributed by atoms with Crippen molar-refractivity contribution in [3.05, 3.63) is 56.1 Å². The Morgan fingerprint density at radius 1 is 1.38 bits per heavy atom. The van der Waals surface area contributed by atoms with E-state index in [-0.39, 0.29) is 17.3 Å². The van der Waals surface area contributed by atoms with Gasteiger partial charge in [0.15, 0.2) is 0 Å². The van der Waals surface area contributed by atoms with Gasteiger partial charge in [-0.1, -0.05) is 23.5 Å². The first-order valence-electron chi connectivity index (χ1n) is 6.39. The zero-order chi connectivity index (χ0) is 15.4. The summed E-state index contributed by atoms with van der Waals surface area (Å²) in [7, 11) is 1.70. The molecule has 1 aromatic heterocycles. The molecule has 2 aromatic rings. The summed E-state index contributed by atoms with van der Waals surface area (Å²) in [5, 5.41) is 10.5. The Morgan fingerprint density at radius 2 is 2.05 bits per heavy atom. The maximum atomic E-state index is 12.2. The molecule has 0 radical (unpaired) electrons. The van der Waals surface area contributed by atoms with Crippen molar-refractivity contribution < 1.29 is 4.79 Å². The predicted octanol–water partition coefficient (Wildman–Crippen LogP) is 1.75. The van der Waals surface area contributed by atoms with Crippen molar-refractivity contribution in [2.75, 3.05) is 7.05 Å². The number of nitrogens with zero attached hydrogens (tertiary/aromatic N) is 3. The minimum Gasteiger partial charge on any atom is -0.340 e. The lowest BCUT2D eigenvalue weighted by Gasteiger charge is -2.18. The molecule has 0 fully saturated rings. The average molecular weight is 301 g/mol. The molecule has 0 spiro atoms. The number of rotatable bonds is 4. The average Bonchev–Trinajstić information content (AvgIpc) is 2.79. The number of hydrogen-bond donors (Lipinski definition) is 0. The fourth-order valence-corrected chi connectivity index (χ4v) is 2.63. The maximum absolute atomic E-state index is 12.2. The monoisotopic (exact) mass is 301 g/mol. The predicted molar refractivity (Wildman–Crippen MR) is 80.9 cm³/mol. The van der Waals surface area contributed by atoms with Gasteiger partial charge in [0.25, 0.3) is 0 Å². The molecule has 1 heterocycles. The highest BCUT2D eigenvalue weighted by Gasteiger charge is 2.13. The molecule has 0 atom stereocenters. The van der Waals surface area contributed by atoms with E-state index in [1.54, 1.807) is 29.5 Å². The SMILES string of the molecule is Cc1csc(=O)n1CC(=O)N(C)Cc1ccc(C#N)cc1. The lowest BCUT2D eigenvalue weighted by molar-refractivity contribution is -0.131. The summed E-state index contributed by atoms with van der Waals surface area (Å²) in [6.07, 6.45) is 0. The van der Waals surface area contributed by atoms with Gasteiger partial charge in [0, 0.05) is 24.7 Å². The summed E-state index contributed by atoms with van der Waals surface area (Å²) in [5.41, 5.74) is 2.33. The van der Waals surface area contributed by atoms with Crippen LogP contribution in [0.25, 0.3) is 0 Å². The Labute approximate surface area is 126 Å². The molecule has 108 valence electrons. The highest BCUT2D eigenvalue weighted by Crippen LogP contribution is 2.07. The van der Waals surface area contributed by atoms with E-state index in [4.69, 9.17) is 5.26 Å². The number of aryl methyl sites for hydroxylation is 1. The molecular formula is C15H15N3O2S. The molecule has 2 rings (SSSR count). The number of carbonyl (C=O) groups is 1. The molecule has 6 heteroatoms. The van der Waals surface area contributed by atoms with Gasteiger partial charge in [-0.15, -0.1) is 0 Å². The first-order valence-corrected chi connectivity index (χ1v) is 7.27. The molecule has 21 heavy (non-hydrogen) atoms. The van der Waals surface area contributed by atoms with E-state index in [2.05, 4.69) is 6.07 Å². The molecule has 1 aromatic carbocycles. The minimum absolute atomic E-state index is 0.0565. The van der Waals surface area contributed by atoms with E-state index in [0.29, 0.717) is 12.1 Å². The van der Waals surface area contributed by atoms with Gasteiger partial charge < -0.3 is 4.90 Å². The highest BCUT2D eigenvalue weighted by atomic mass is 32.1. The van der Waals surface area contributed by atoms with Gasteiger partial charge in [-0.25, -0.2) is 0 Å². The van der Waals surface area contributed by atoms with Gasteiger partial charge in [0.2, 0.25) is 5.91 Å². The number of hydrogen-bond acceptors (Lipinski definition) is 4. The summed E-state index contributed by atoms with van der Waals surface area (Å²) in [6.45, 7) is 2.31. The second kappa shape index (κ2) is 6.37. The number of thiazole rings is 1. The van der Waals surface area contributed by atoms with Crippen molar-refractivity contribution in [3.63, 3.8) is 0 Å². The number of nitriles is 1. The normalized spacial score (nSPS) is 10.1. The zero-order valence-corrected chi connectivity index (χ0v) is 12.7. The van der Waals surface area contributed by atoms with E-state index in [9.17, 15) is 9.59 Å². The molecule has 0 saturated heterocycles. The van der Waals surface area contributed by atoms with Crippen LogP contribution >= 0.6 is 11.3 Å². The van der Waals surface area contributed by atoms with E-state index in [1.165, 1.54) is 4.57 Å². The third-order valence-electron chi connectivity index (χ3n) is 3.20. The first-order chi connectivity index (χ1) is 10.0. The molecule has 0 aliphatic carbocycles. The van der Waals surface area contributed by atoms with Crippen molar-refractivity contribution in [1.29, 1.82) is 5.26 Å². The summed E-state index contributed by atoms with van der Waals surface area (Å²) >= 11 is 1.10. The van der Waals surface area contributed by atoms with Gasteiger partial charge >= 0.3 is 4.87 Å². The standard InChI is InChI=1S/C15H15N3O2S/c1-11-10-21-15(20)18(11)9-14(19)17(2)8-13-5-3-12(7-16)4-6-13/h3-6,10H,8-9H2,1-2H3. The topological polar surface area (TPSA) is 66.1 Å². The zero-order valence-electron chi connectivity index (χ0n) is 11.9. The number of amides is 1. The molecule has 0 aliphatic heterocycles. The van der Waals surface area contributed by atoms with Crippen molar-refractivity contribution in [3.8, 4) is 6.07 Å². The molecule has 0 N–H and O–H groups in total. The Kier molecular flexibility index (Phi) is 4.55. The van der Waals surface area contributed by atoms with Crippen LogP contribution in [0.1, 0.15) is 16.8 Å². The van der Waals surface area contributed by atoms with Gasteiger partial charge in [0.05, 0.1) is 11.6 Å². The smallest absolute Gasteiger partial charge is 0.307 e. The summed E-state index contributed by atoms with van der Waals surface area (Å²) < 4.78 is 1.47. The van der Waals surface area contributed by atoms with Crippen LogP contribution in [0.4, 0.5) is 0 Å². The fourth-order valence-electron chi connectivity index (χ4n) is 1.90. The van der Waals surface area contributed by atoms with Crippen LogP contribution in [-0.2, 0) is 17.9 Å². The largest absolute Gasteiger partial charge is 0.340 e. The van der Waals surface area contributed by atoms with E-state index >= 15 is 0 Å². The second-order valence-corrected chi connectivity index (χ2v) is 5.61. The molecule has 0 aliphatic rings. The second-order valence-electron chi connectivity index (χ2n) is 4.79. The van der Waals surface area contributed by atoms with Crippen LogP contribution in [-0.4, -0.2) is 22.4 Å². The first kappa shape index (κ1) is 15.0. The molecular weight excluding hydrogens is 286 g/mol. The third kappa shape index (κ3) is 3.58. The number of likely N-dealkylation sites (N-methyl/N-ethyl adjacent to an activating group) is 1. The van der Waals surface area contributed by atoms with E-state index in [0.717, 1.165) is 22.6 Å². The van der Waals surface area contributed by atoms with Gasteiger partial charge in [-0.3, -0.25) is 14.2 Å². The van der Waals surface area contributed by atoms with E-state index < -0.39 is 0 Å². The number of aromatic nitrogens is 1. The van der Waals surface area contributed by atoms with Crippen LogP contribution in [0.3, 0.4) is 0 Å². The van der Waals surface area contributed by atoms with Crippen molar-refractivity contribution in [2.45, 2.75) is 20.0 Å². The molecule has 0 unspecified atom stereocenters. The van der Waals surface area contributed by atoms with Crippen molar-refractivity contribution in [1.82, 2.24) is 9.47 Å². The molecule has 0 bridgehead atoms. The highest BCUT2D eigenvalue weighted by molar-refractivity contribution is 7.07. The van der Waals surface area contributed by atoms with Gasteiger partial charge in [-0.05, 0) is 24.6 Å². The Hall–Kier alpha value is -2.39. The number of carbonyl (C=O) groups excluding carboxylic acids is 1. The van der Waals surface area contributed by atoms with E-state index in [1.807, 2.05) is 19.1 Å². The fraction of sp³-hybridized carbons (Fsp3) is 0.267. The van der Waals surface area contributed by atoms with Crippen LogP contribution < -0.4 is 4.87 Å². The summed E-state index contributed by atoms with van der Waals surface area (Å²) in [6, 6.07) is 9.15. The molecule has 1 amide bonds. The Bertz CT molecular complexity index is 738. The van der Waals surface area contributed by atoms with Crippen LogP contribution in [0.2, 0.25) is 0 Å². The van der Waals surface area contributed by atoms with Gasteiger partial charge in [-0.2, -0.15) is 5.26 Å². The van der Waals surface area contributed by atoms with Gasteiger partial charge in [0.1, 0.15) is 6.54 Å². The van der Waals surface area contributed by atoms with Crippen molar-refractivity contribution >= 4 is 17.2 Å². The molecule has 5 nitrogen and oxygen atoms in total. The van der Waals surface area contributed by atoms with Crippen LogP contribution in [0, 0.1) is 18.3 Å². The van der Waals surface area contributed by atoms with Crippen LogP contribution in [0.5, 0.6) is 0 Å². The Balaban J connectivity index is 2.02. The Morgan fingerprint density at radius 3 is 2.57 bits per heavy atom. The summed E-state index contributed by atoms with van der Waals surface area (Å²) in [5.74, 6) is -0.122. The lowest BCUT2D eigenvalue weighted by Crippen LogP contribution is -2.32. The third-order valence-corrected chi connectivity index (χ3v) is 4.08.